The first-order valence-electron chi connectivity index (χ1n) is 37.6. The van der Waals surface area contributed by atoms with Crippen molar-refractivity contribution in [3.63, 3.8) is 0 Å². The Labute approximate surface area is 641 Å². The third-order valence-corrected chi connectivity index (χ3v) is 23.6. The Hall–Kier alpha value is -9.14. The van der Waals surface area contributed by atoms with E-state index >= 15 is 0 Å². The fourth-order valence-electron chi connectivity index (χ4n) is 14.1. The predicted octanol–water partition coefficient (Wildman–Crippen LogP) is 16.6. The number of aromatic nitrogens is 12. The van der Waals surface area contributed by atoms with Crippen molar-refractivity contribution in [1.29, 1.82) is 0 Å². The Morgan fingerprint density at radius 2 is 0.708 bits per heavy atom. The van der Waals surface area contributed by atoms with Crippen molar-refractivity contribution < 1.29 is 14.4 Å². The number of Topliss-reactive ketones (excluding diaryl/α,β-unsaturated/α-hetero) is 3. The number of rotatable bonds is 29. The van der Waals surface area contributed by atoms with Gasteiger partial charge in [-0.1, -0.05) is 137 Å². The van der Waals surface area contributed by atoms with Gasteiger partial charge in [-0.3, -0.25) is 14.4 Å². The Morgan fingerprint density at radius 1 is 0.396 bits per heavy atom. The number of piperazine rings is 3. The molecule has 0 bridgehead atoms. The standard InChI is InChI=1S/2C27H32N6OS.C19H21BrN2OS.C8H12N4/c2*1-2-3-7-20(16-21-18-30-23-9-5-4-8-22(21)23)17-24(34)25-19-31-27(35-25)33-14-12-32(13-15-33)26-28-10-6-11-29-26;1-2-3-6-13(10-17(23)18-12-22-19(20)24-18)9-14-11-21-16-8-5-4-7-15(14)16;1-2-10-8(11-3-1)12-6-4-9-5-7-12/h2*4-6,8-11,18-20,30H,2-3,7,12-17H2,1H3;4-5,7-8,11-13,21H,2-3,6,9-10H2,1H3;1-3,9H,4-7H2. The first-order chi connectivity index (χ1) is 52.1. The number of halogens is 1. The van der Waals surface area contributed by atoms with Gasteiger partial charge in [0.2, 0.25) is 17.8 Å². The van der Waals surface area contributed by atoms with Gasteiger partial charge in [0, 0.05) is 186 Å². The smallest absolute Gasteiger partial charge is 0.225 e. The molecule has 3 fully saturated rings. The topological polar surface area (TPSA) is 243 Å². The molecule has 4 N–H and O–H groups in total. The SMILES string of the molecule is CCCCC(CC(=O)c1cnc(Br)s1)Cc1c[nH]c2ccccc12.CCCCC(CC(=O)c1cnc(N2CCN(c3ncccn3)CC2)s1)Cc1c[nH]c2ccccc12.CCCCC(CC(=O)c1cnc(N2CCN(c3ncccn3)CC2)s1)Cc1c[nH]c2ccccc12.c1cnc(N2CCNCC2)nc1. The molecule has 554 valence electrons. The summed E-state index contributed by atoms with van der Waals surface area (Å²) in [6.07, 6.45) is 36.8. The second-order valence-electron chi connectivity index (χ2n) is 27.4. The summed E-state index contributed by atoms with van der Waals surface area (Å²) in [5, 5.41) is 8.96. The van der Waals surface area contributed by atoms with Gasteiger partial charge in [0.1, 0.15) is 0 Å². The molecule has 25 heteroatoms. The van der Waals surface area contributed by atoms with Crippen LogP contribution in [-0.2, 0) is 19.3 Å². The molecule has 3 unspecified atom stereocenters. The molecule has 0 saturated carbocycles. The molecule has 3 aromatic carbocycles. The number of aromatic amines is 3. The van der Waals surface area contributed by atoms with Crippen LogP contribution in [0.4, 0.5) is 28.1 Å². The molecule has 12 heterocycles. The number of unbranched alkanes of at least 4 members (excludes halogenated alkanes) is 3. The number of carbonyl (C=O) groups is 3. The van der Waals surface area contributed by atoms with Crippen LogP contribution in [0.15, 0.2) is 169 Å². The summed E-state index contributed by atoms with van der Waals surface area (Å²) < 4.78 is 0.771. The molecule has 0 spiro atoms. The monoisotopic (exact) mass is 1540 g/mol. The van der Waals surface area contributed by atoms with Crippen molar-refractivity contribution in [2.45, 2.75) is 117 Å². The number of ketones is 3. The van der Waals surface area contributed by atoms with Gasteiger partial charge in [0.05, 0.1) is 33.2 Å². The minimum absolute atomic E-state index is 0.208. The number of carbonyl (C=O) groups excluding carboxylic acids is 3. The fourth-order valence-corrected chi connectivity index (χ4v) is 17.2. The normalized spacial score (nSPS) is 14.8. The van der Waals surface area contributed by atoms with E-state index in [1.807, 2.05) is 24.3 Å². The predicted molar refractivity (Wildman–Crippen MR) is 436 cm³/mol. The van der Waals surface area contributed by atoms with E-state index in [9.17, 15) is 14.4 Å². The highest BCUT2D eigenvalue weighted by atomic mass is 79.9. The lowest BCUT2D eigenvalue weighted by molar-refractivity contribution is 0.0953. The average Bonchev–Trinajstić information content (AvgIpc) is 1.69. The largest absolute Gasteiger partial charge is 0.361 e. The fraction of sp³-hybridized carbons (Fsp3) is 0.407. The number of para-hydroxylation sites is 3. The lowest BCUT2D eigenvalue weighted by atomic mass is 9.89. The molecule has 3 aliphatic heterocycles. The molecule has 12 aromatic rings. The zero-order chi connectivity index (χ0) is 73.2. The second kappa shape index (κ2) is 39.5. The van der Waals surface area contributed by atoms with E-state index in [2.05, 4.69) is 212 Å². The van der Waals surface area contributed by atoms with Crippen LogP contribution < -0.4 is 29.8 Å². The number of nitrogens with one attached hydrogen (secondary N) is 4. The molecule has 21 nitrogen and oxygen atoms in total. The number of thiazole rings is 3. The van der Waals surface area contributed by atoms with Gasteiger partial charge in [-0.2, -0.15) is 0 Å². The first kappa shape index (κ1) is 76.5. The number of benzene rings is 3. The molecule has 106 heavy (non-hydrogen) atoms. The van der Waals surface area contributed by atoms with E-state index < -0.39 is 0 Å². The summed E-state index contributed by atoms with van der Waals surface area (Å²) in [5.41, 5.74) is 7.41. The molecule has 3 aliphatic rings. The number of anilines is 5. The van der Waals surface area contributed by atoms with Crippen molar-refractivity contribution in [2.24, 2.45) is 17.8 Å². The molecule has 3 atom stereocenters. The summed E-state index contributed by atoms with van der Waals surface area (Å²) in [6, 6.07) is 30.7. The number of fused-ring (bicyclic) bond motifs is 3. The van der Waals surface area contributed by atoms with E-state index in [1.165, 1.54) is 72.4 Å². The Balaban J connectivity index is 0.000000140. The molecular weight excluding hydrogens is 1450 g/mol. The van der Waals surface area contributed by atoms with Crippen LogP contribution in [-0.4, -0.2) is 156 Å². The third-order valence-electron chi connectivity index (χ3n) is 19.9. The Kier molecular flexibility index (Phi) is 28.5. The summed E-state index contributed by atoms with van der Waals surface area (Å²) in [4.78, 5) is 102. The molecule has 0 radical (unpaired) electrons. The highest BCUT2D eigenvalue weighted by Gasteiger charge is 2.27. The van der Waals surface area contributed by atoms with Crippen molar-refractivity contribution in [3.05, 3.63) is 201 Å². The number of H-pyrrole nitrogens is 3. The van der Waals surface area contributed by atoms with Crippen LogP contribution in [0.2, 0.25) is 0 Å². The zero-order valence-corrected chi connectivity index (χ0v) is 65.0. The zero-order valence-electron chi connectivity index (χ0n) is 61.0. The number of hydrogen-bond acceptors (Lipinski definition) is 21. The molecule has 9 aromatic heterocycles. The third kappa shape index (κ3) is 21.3. The van der Waals surface area contributed by atoms with Crippen LogP contribution in [0.1, 0.15) is 144 Å². The maximum Gasteiger partial charge on any atom is 0.225 e. The lowest BCUT2D eigenvalue weighted by Crippen LogP contribution is -2.47. The minimum atomic E-state index is 0.208. The minimum Gasteiger partial charge on any atom is -0.361 e. The average molecular weight is 1550 g/mol. The van der Waals surface area contributed by atoms with Gasteiger partial charge >= 0.3 is 0 Å². The van der Waals surface area contributed by atoms with E-state index in [0.717, 1.165) is 213 Å². The number of nitrogens with zero attached hydrogens (tertiary/aromatic N) is 14. The van der Waals surface area contributed by atoms with Gasteiger partial charge < -0.3 is 44.8 Å². The summed E-state index contributed by atoms with van der Waals surface area (Å²) in [7, 11) is 0. The summed E-state index contributed by atoms with van der Waals surface area (Å²) in [6.45, 7) is 17.4. The lowest BCUT2D eigenvalue weighted by Gasteiger charge is -2.34. The Morgan fingerprint density at radius 3 is 1.04 bits per heavy atom. The second-order valence-corrected chi connectivity index (χ2v) is 31.7. The van der Waals surface area contributed by atoms with Crippen LogP contribution in [0.3, 0.4) is 0 Å². The van der Waals surface area contributed by atoms with Crippen LogP contribution in [0, 0.1) is 17.8 Å². The maximum absolute atomic E-state index is 13.3. The number of hydrogen-bond donors (Lipinski definition) is 4. The van der Waals surface area contributed by atoms with Gasteiger partial charge in [0.15, 0.2) is 31.5 Å². The quantitative estimate of drug-likeness (QED) is 0.0318. The van der Waals surface area contributed by atoms with Crippen molar-refractivity contribution >= 4 is 128 Å². The summed E-state index contributed by atoms with van der Waals surface area (Å²) >= 11 is 7.82. The van der Waals surface area contributed by atoms with Crippen molar-refractivity contribution in [1.82, 2.24) is 65.1 Å². The van der Waals surface area contributed by atoms with Crippen molar-refractivity contribution in [2.75, 3.05) is 103 Å². The maximum atomic E-state index is 13.3. The van der Waals surface area contributed by atoms with E-state index in [0.29, 0.717) is 37.0 Å². The van der Waals surface area contributed by atoms with Gasteiger partial charge in [-0.05, 0) is 125 Å². The highest BCUT2D eigenvalue weighted by Crippen LogP contribution is 2.34. The van der Waals surface area contributed by atoms with Gasteiger partial charge in [-0.25, -0.2) is 44.9 Å². The van der Waals surface area contributed by atoms with Crippen molar-refractivity contribution in [3.8, 4) is 0 Å². The van der Waals surface area contributed by atoms with Gasteiger partial charge in [0.25, 0.3) is 0 Å². The van der Waals surface area contributed by atoms with Crippen LogP contribution >= 0.6 is 49.9 Å². The van der Waals surface area contributed by atoms with E-state index in [4.69, 9.17) is 0 Å². The summed E-state index contributed by atoms with van der Waals surface area (Å²) in [5.74, 6) is 4.07. The molecule has 15 rings (SSSR count). The van der Waals surface area contributed by atoms with E-state index in [1.54, 1.807) is 55.8 Å². The van der Waals surface area contributed by atoms with E-state index in [-0.39, 0.29) is 17.3 Å². The van der Waals surface area contributed by atoms with Crippen LogP contribution in [0.5, 0.6) is 0 Å². The highest BCUT2D eigenvalue weighted by molar-refractivity contribution is 9.11. The van der Waals surface area contributed by atoms with Gasteiger partial charge in [-0.15, -0.1) is 11.3 Å². The van der Waals surface area contributed by atoms with Crippen LogP contribution in [0.25, 0.3) is 32.7 Å². The Bertz CT molecular complexity index is 4440. The molecule has 0 aliphatic carbocycles. The molecular formula is C81H97BrN18O3S3. The molecule has 3 saturated heterocycles. The first-order valence-corrected chi connectivity index (χ1v) is 40.8. The molecule has 0 amide bonds.